The van der Waals surface area contributed by atoms with Crippen molar-refractivity contribution in [2.24, 2.45) is 10.9 Å². The van der Waals surface area contributed by atoms with Gasteiger partial charge >= 0.3 is 5.97 Å². The Bertz CT molecular complexity index is 614. The summed E-state index contributed by atoms with van der Waals surface area (Å²) in [7, 11) is 0. The summed E-state index contributed by atoms with van der Waals surface area (Å²) in [6.07, 6.45) is 1.38. The first-order valence-corrected chi connectivity index (χ1v) is 8.69. The van der Waals surface area contributed by atoms with Crippen molar-refractivity contribution in [1.82, 2.24) is 10.2 Å². The maximum Gasteiger partial charge on any atom is 0.309 e. The third-order valence-electron chi connectivity index (χ3n) is 4.16. The highest BCUT2D eigenvalue weighted by molar-refractivity contribution is 5.80. The van der Waals surface area contributed by atoms with Crippen LogP contribution in [0.5, 0.6) is 0 Å². The summed E-state index contributed by atoms with van der Waals surface area (Å²) in [5.41, 5.74) is 0.219. The molecule has 0 aliphatic carbocycles. The molecule has 1 saturated heterocycles. The minimum atomic E-state index is -0.480. The molecular weight excluding hydrogens is 328 g/mol. The normalized spacial score (nSPS) is 16.0. The van der Waals surface area contributed by atoms with Gasteiger partial charge in [-0.15, -0.1) is 0 Å². The highest BCUT2D eigenvalue weighted by atomic mass is 19.1. The molecule has 2 rings (SSSR count). The second-order valence-electron chi connectivity index (χ2n) is 5.92. The largest absolute Gasteiger partial charge is 0.466 e. The fourth-order valence-corrected chi connectivity index (χ4v) is 2.84. The molecule has 5 nitrogen and oxygen atoms in total. The molecule has 0 atom stereocenters. The molecule has 1 aliphatic heterocycles. The lowest BCUT2D eigenvalue weighted by Gasteiger charge is -2.33. The topological polar surface area (TPSA) is 53.9 Å². The van der Waals surface area contributed by atoms with Crippen molar-refractivity contribution < 1.29 is 18.3 Å². The van der Waals surface area contributed by atoms with E-state index in [4.69, 9.17) is 4.74 Å². The number of carbonyl (C=O) groups is 1. The number of hydrogen-bond acceptors (Lipinski definition) is 3. The first kappa shape index (κ1) is 19.1. The number of guanidine groups is 1. The van der Waals surface area contributed by atoms with Gasteiger partial charge in [-0.25, -0.2) is 13.8 Å². The van der Waals surface area contributed by atoms with E-state index in [-0.39, 0.29) is 24.0 Å². The molecule has 1 aromatic rings. The maximum atomic E-state index is 13.7. The van der Waals surface area contributed by atoms with E-state index in [1.54, 1.807) is 6.92 Å². The molecule has 0 aromatic heterocycles. The molecule has 1 aromatic carbocycles. The lowest BCUT2D eigenvalue weighted by molar-refractivity contribution is -0.149. The Kier molecular flexibility index (Phi) is 7.16. The minimum Gasteiger partial charge on any atom is -0.466 e. The van der Waals surface area contributed by atoms with Gasteiger partial charge in [-0.3, -0.25) is 4.79 Å². The van der Waals surface area contributed by atoms with Gasteiger partial charge in [-0.2, -0.15) is 0 Å². The van der Waals surface area contributed by atoms with Gasteiger partial charge < -0.3 is 15.0 Å². The Balaban J connectivity index is 2.01. The van der Waals surface area contributed by atoms with E-state index in [0.29, 0.717) is 45.0 Å². The number of likely N-dealkylation sites (tertiary alicyclic amines) is 1. The summed E-state index contributed by atoms with van der Waals surface area (Å²) in [4.78, 5) is 18.3. The summed E-state index contributed by atoms with van der Waals surface area (Å²) < 4.78 is 32.1. The Morgan fingerprint density at radius 3 is 2.68 bits per heavy atom. The summed E-state index contributed by atoms with van der Waals surface area (Å²) in [6.45, 7) is 6.20. The third-order valence-corrected chi connectivity index (χ3v) is 4.16. The Morgan fingerprint density at radius 1 is 1.32 bits per heavy atom. The quantitative estimate of drug-likeness (QED) is 0.502. The second-order valence-corrected chi connectivity index (χ2v) is 5.92. The zero-order chi connectivity index (χ0) is 18.2. The summed E-state index contributed by atoms with van der Waals surface area (Å²) >= 11 is 0. The number of aliphatic imine (C=N–C) groups is 1. The number of piperidine rings is 1. The van der Waals surface area contributed by atoms with Gasteiger partial charge in [0, 0.05) is 25.2 Å². The fourth-order valence-electron chi connectivity index (χ4n) is 2.84. The first-order valence-electron chi connectivity index (χ1n) is 8.69. The van der Waals surface area contributed by atoms with E-state index >= 15 is 0 Å². The molecule has 0 saturated carbocycles. The van der Waals surface area contributed by atoms with E-state index in [0.717, 1.165) is 18.2 Å². The van der Waals surface area contributed by atoms with Crippen molar-refractivity contribution in [1.29, 1.82) is 0 Å². The lowest BCUT2D eigenvalue weighted by Crippen LogP contribution is -2.46. The van der Waals surface area contributed by atoms with Crippen molar-refractivity contribution >= 4 is 11.9 Å². The molecule has 0 unspecified atom stereocenters. The van der Waals surface area contributed by atoms with Crippen molar-refractivity contribution in [3.05, 3.63) is 35.4 Å². The second kappa shape index (κ2) is 9.34. The highest BCUT2D eigenvalue weighted by Gasteiger charge is 2.27. The zero-order valence-corrected chi connectivity index (χ0v) is 14.7. The van der Waals surface area contributed by atoms with Crippen LogP contribution in [0.25, 0.3) is 0 Å². The van der Waals surface area contributed by atoms with Gasteiger partial charge in [-0.05, 0) is 44.9 Å². The maximum absolute atomic E-state index is 13.7. The van der Waals surface area contributed by atoms with Crippen LogP contribution in [0.3, 0.4) is 0 Å². The molecule has 7 heteroatoms. The molecule has 0 amide bonds. The summed E-state index contributed by atoms with van der Waals surface area (Å²) in [6, 6.07) is 3.36. The first-order chi connectivity index (χ1) is 12.0. The van der Waals surface area contributed by atoms with Gasteiger partial charge in [-0.1, -0.05) is 0 Å². The number of ether oxygens (including phenoxy) is 1. The number of carbonyl (C=O) groups excluding carboxylic acids is 1. The number of hydrogen-bond donors (Lipinski definition) is 1. The highest BCUT2D eigenvalue weighted by Crippen LogP contribution is 2.19. The van der Waals surface area contributed by atoms with E-state index in [1.807, 2.05) is 11.8 Å². The van der Waals surface area contributed by atoms with Crippen LogP contribution < -0.4 is 5.32 Å². The number of rotatable bonds is 5. The van der Waals surface area contributed by atoms with Crippen molar-refractivity contribution in [3.8, 4) is 0 Å². The molecule has 0 bridgehead atoms. The third kappa shape index (κ3) is 5.41. The van der Waals surface area contributed by atoms with Crippen LogP contribution in [-0.4, -0.2) is 43.1 Å². The smallest absolute Gasteiger partial charge is 0.309 e. The molecule has 0 spiro atoms. The van der Waals surface area contributed by atoms with Crippen molar-refractivity contribution in [3.63, 3.8) is 0 Å². The van der Waals surface area contributed by atoms with E-state index in [9.17, 15) is 13.6 Å². The van der Waals surface area contributed by atoms with Crippen LogP contribution >= 0.6 is 0 Å². The molecular formula is C18H25F2N3O2. The fraction of sp³-hybridized carbons (Fsp3) is 0.556. The Labute approximate surface area is 147 Å². The SMILES string of the molecule is CCNC(=NCc1cc(F)ccc1F)N1CCC(C(=O)OCC)CC1. The molecule has 1 N–H and O–H groups in total. The number of nitrogens with one attached hydrogen (secondary N) is 1. The van der Waals surface area contributed by atoms with Crippen molar-refractivity contribution in [2.45, 2.75) is 33.2 Å². The average molecular weight is 353 g/mol. The molecule has 1 aliphatic rings. The van der Waals surface area contributed by atoms with Crippen LogP contribution in [0.1, 0.15) is 32.3 Å². The van der Waals surface area contributed by atoms with E-state index in [1.165, 1.54) is 0 Å². The molecule has 138 valence electrons. The average Bonchev–Trinajstić information content (AvgIpc) is 2.61. The standard InChI is InChI=1S/C18H25F2N3O2/c1-3-21-18(22-12-14-11-15(19)5-6-16(14)20)23-9-7-13(8-10-23)17(24)25-4-2/h5-6,11,13H,3-4,7-10,12H2,1-2H3,(H,21,22). The summed E-state index contributed by atoms with van der Waals surface area (Å²) in [5, 5.41) is 3.17. The number of halogens is 2. The van der Waals surface area contributed by atoms with E-state index in [2.05, 4.69) is 10.3 Å². The monoisotopic (exact) mass is 353 g/mol. The minimum absolute atomic E-state index is 0.0593. The van der Waals surface area contributed by atoms with Gasteiger partial charge in [0.25, 0.3) is 0 Å². The van der Waals surface area contributed by atoms with Crippen LogP contribution in [0.2, 0.25) is 0 Å². The van der Waals surface area contributed by atoms with Crippen molar-refractivity contribution in [2.75, 3.05) is 26.2 Å². The van der Waals surface area contributed by atoms with Gasteiger partial charge in [0.15, 0.2) is 5.96 Å². The van der Waals surface area contributed by atoms with E-state index < -0.39 is 11.6 Å². The van der Waals surface area contributed by atoms with Gasteiger partial charge in [0.05, 0.1) is 19.1 Å². The van der Waals surface area contributed by atoms with Crippen LogP contribution in [0, 0.1) is 17.6 Å². The summed E-state index contributed by atoms with van der Waals surface area (Å²) in [5.74, 6) is -0.534. The Morgan fingerprint density at radius 2 is 2.04 bits per heavy atom. The molecule has 0 radical (unpaired) electrons. The number of esters is 1. The zero-order valence-electron chi connectivity index (χ0n) is 14.7. The van der Waals surface area contributed by atoms with Crippen LogP contribution in [-0.2, 0) is 16.1 Å². The molecule has 25 heavy (non-hydrogen) atoms. The lowest BCUT2D eigenvalue weighted by atomic mass is 9.97. The number of nitrogens with zero attached hydrogens (tertiary/aromatic N) is 2. The molecule has 1 fully saturated rings. The van der Waals surface area contributed by atoms with Gasteiger partial charge in [0.1, 0.15) is 11.6 Å². The van der Waals surface area contributed by atoms with Crippen LogP contribution in [0.15, 0.2) is 23.2 Å². The number of benzene rings is 1. The van der Waals surface area contributed by atoms with Crippen LogP contribution in [0.4, 0.5) is 8.78 Å². The predicted octanol–water partition coefficient (Wildman–Crippen LogP) is 2.71. The van der Waals surface area contributed by atoms with Gasteiger partial charge in [0.2, 0.25) is 0 Å². The Hall–Kier alpha value is -2.18. The molecule has 1 heterocycles. The predicted molar refractivity (Wildman–Crippen MR) is 92.1 cm³/mol.